The summed E-state index contributed by atoms with van der Waals surface area (Å²) in [6.45, 7) is 2.28. The number of carboxylic acid groups (broad SMARTS) is 1. The molecule has 31 heavy (non-hydrogen) atoms. The van der Waals surface area contributed by atoms with Crippen molar-refractivity contribution in [3.8, 4) is 5.75 Å². The fourth-order valence-corrected chi connectivity index (χ4v) is 3.78. The molecule has 0 aliphatic carbocycles. The third-order valence-electron chi connectivity index (χ3n) is 5.75. The normalized spacial score (nSPS) is 10.5. The molecule has 1 aromatic rings. The molecule has 0 spiro atoms. The maximum Gasteiger partial charge on any atom is 0.303 e. The molecule has 0 radical (unpaired) electrons. The van der Waals surface area contributed by atoms with E-state index in [-0.39, 0.29) is 0 Å². The van der Waals surface area contributed by atoms with Crippen LogP contribution in [0.25, 0.3) is 0 Å². The summed E-state index contributed by atoms with van der Waals surface area (Å²) in [5, 5.41) is 17.2. The molecule has 0 saturated carbocycles. The van der Waals surface area contributed by atoms with Gasteiger partial charge in [0.1, 0.15) is 5.75 Å². The first-order valence-corrected chi connectivity index (χ1v) is 13.1. The molecule has 0 saturated heterocycles. The second-order valence-electron chi connectivity index (χ2n) is 8.84. The Balaban J connectivity index is 0.00000107. The van der Waals surface area contributed by atoms with Crippen molar-refractivity contribution in [2.75, 3.05) is 0 Å². The summed E-state index contributed by atoms with van der Waals surface area (Å²) in [7, 11) is 0. The highest BCUT2D eigenvalue weighted by atomic mass is 16.4. The van der Waals surface area contributed by atoms with E-state index in [0.29, 0.717) is 12.2 Å². The van der Waals surface area contributed by atoms with Crippen LogP contribution in [-0.2, 0) is 4.79 Å². The summed E-state index contributed by atoms with van der Waals surface area (Å²) in [5.74, 6) is -0.329. The Morgan fingerprint density at radius 2 is 0.903 bits per heavy atom. The number of benzene rings is 1. The maximum absolute atomic E-state index is 10.4. The van der Waals surface area contributed by atoms with Gasteiger partial charge in [-0.15, -0.1) is 0 Å². The van der Waals surface area contributed by atoms with E-state index in [4.69, 9.17) is 10.2 Å². The molecular formula is C28H50O3. The van der Waals surface area contributed by atoms with E-state index < -0.39 is 5.97 Å². The molecule has 0 fully saturated rings. The van der Waals surface area contributed by atoms with E-state index in [1.54, 1.807) is 24.3 Å². The average Bonchev–Trinajstić information content (AvgIpc) is 2.76. The predicted octanol–water partition coefficient (Wildman–Crippen LogP) is 9.29. The molecule has 3 heteroatoms. The van der Waals surface area contributed by atoms with Gasteiger partial charge in [0.15, 0.2) is 0 Å². The average molecular weight is 435 g/mol. The van der Waals surface area contributed by atoms with Crippen LogP contribution in [-0.4, -0.2) is 16.2 Å². The van der Waals surface area contributed by atoms with E-state index in [0.717, 1.165) is 12.8 Å². The van der Waals surface area contributed by atoms with E-state index in [9.17, 15) is 4.79 Å². The van der Waals surface area contributed by atoms with Crippen molar-refractivity contribution in [2.45, 2.75) is 135 Å². The largest absolute Gasteiger partial charge is 0.508 e. The van der Waals surface area contributed by atoms with Crippen LogP contribution in [0, 0.1) is 0 Å². The molecule has 0 aliphatic rings. The minimum absolute atomic E-state index is 0.322. The molecule has 2 N–H and O–H groups in total. The van der Waals surface area contributed by atoms with E-state index >= 15 is 0 Å². The minimum Gasteiger partial charge on any atom is -0.508 e. The molecule has 180 valence electrons. The summed E-state index contributed by atoms with van der Waals surface area (Å²) >= 11 is 0. The Hall–Kier alpha value is -1.51. The number of phenolic OH excluding ortho intramolecular Hbond substituents is 1. The topological polar surface area (TPSA) is 57.5 Å². The van der Waals surface area contributed by atoms with Crippen LogP contribution in [0.5, 0.6) is 5.75 Å². The molecule has 0 atom stereocenters. The highest BCUT2D eigenvalue weighted by Crippen LogP contribution is 2.14. The molecule has 1 aromatic carbocycles. The molecule has 0 aromatic heterocycles. The van der Waals surface area contributed by atoms with Gasteiger partial charge in [-0.3, -0.25) is 4.79 Å². The Labute approximate surface area is 192 Å². The van der Waals surface area contributed by atoms with Crippen LogP contribution in [0.3, 0.4) is 0 Å². The van der Waals surface area contributed by atoms with E-state index in [1.165, 1.54) is 109 Å². The monoisotopic (exact) mass is 434 g/mol. The molecule has 3 nitrogen and oxygen atoms in total. The van der Waals surface area contributed by atoms with Crippen LogP contribution >= 0.6 is 0 Å². The molecular weight excluding hydrogens is 384 g/mol. The van der Waals surface area contributed by atoms with Gasteiger partial charge < -0.3 is 10.2 Å². The molecule has 0 unspecified atom stereocenters. The summed E-state index contributed by atoms with van der Waals surface area (Å²) in [6, 6.07) is 8.71. The third kappa shape index (κ3) is 26.5. The zero-order valence-corrected chi connectivity index (χ0v) is 20.3. The second-order valence-corrected chi connectivity index (χ2v) is 8.84. The SMILES string of the molecule is CCCCCCCCCCCCCCCCCCCCCC(=O)O.Oc1ccccc1. The fourth-order valence-electron chi connectivity index (χ4n) is 3.78. The van der Waals surface area contributed by atoms with E-state index in [1.807, 2.05) is 6.07 Å². The minimum atomic E-state index is -0.651. The smallest absolute Gasteiger partial charge is 0.303 e. The molecule has 0 aliphatic heterocycles. The number of hydrogen-bond acceptors (Lipinski definition) is 2. The standard InChI is InChI=1S/C22H44O2.C6H6O/c1-2-3-4-5-6-7-8-9-10-11-12-13-14-15-16-17-18-19-20-21-22(23)24;7-6-4-2-1-3-5-6/h2-21H2,1H3,(H,23,24);1-5,7H. The van der Waals surface area contributed by atoms with Crippen molar-refractivity contribution in [2.24, 2.45) is 0 Å². The van der Waals surface area contributed by atoms with Gasteiger partial charge in [0.2, 0.25) is 0 Å². The van der Waals surface area contributed by atoms with Gasteiger partial charge in [0.25, 0.3) is 0 Å². The first kappa shape index (κ1) is 29.5. The van der Waals surface area contributed by atoms with Crippen molar-refractivity contribution in [1.29, 1.82) is 0 Å². The molecule has 0 bridgehead atoms. The van der Waals surface area contributed by atoms with Crippen molar-refractivity contribution >= 4 is 5.97 Å². The predicted molar refractivity (Wildman–Crippen MR) is 134 cm³/mol. The number of aliphatic carboxylic acids is 1. The van der Waals surface area contributed by atoms with E-state index in [2.05, 4.69) is 6.92 Å². The highest BCUT2D eigenvalue weighted by Gasteiger charge is 1.97. The lowest BCUT2D eigenvalue weighted by Crippen LogP contribution is -1.93. The van der Waals surface area contributed by atoms with Crippen LogP contribution in [0.1, 0.15) is 135 Å². The lowest BCUT2D eigenvalue weighted by atomic mass is 10.0. The first-order valence-electron chi connectivity index (χ1n) is 13.1. The van der Waals surface area contributed by atoms with Crippen molar-refractivity contribution in [3.05, 3.63) is 30.3 Å². The zero-order valence-electron chi connectivity index (χ0n) is 20.3. The third-order valence-corrected chi connectivity index (χ3v) is 5.75. The number of phenols is 1. The summed E-state index contributed by atoms with van der Waals surface area (Å²) in [4.78, 5) is 10.4. The van der Waals surface area contributed by atoms with Gasteiger partial charge in [0.05, 0.1) is 0 Å². The Morgan fingerprint density at radius 1 is 0.581 bits per heavy atom. The van der Waals surface area contributed by atoms with Crippen molar-refractivity contribution in [3.63, 3.8) is 0 Å². The Kier molecular flexibility index (Phi) is 23.6. The van der Waals surface area contributed by atoms with Gasteiger partial charge in [-0.1, -0.05) is 141 Å². The number of unbranched alkanes of at least 4 members (excludes halogenated alkanes) is 18. The van der Waals surface area contributed by atoms with Crippen LogP contribution in [0.2, 0.25) is 0 Å². The molecule has 1 rings (SSSR count). The number of para-hydroxylation sites is 1. The number of carbonyl (C=O) groups is 1. The lowest BCUT2D eigenvalue weighted by Gasteiger charge is -2.03. The summed E-state index contributed by atoms with van der Waals surface area (Å²) in [6.07, 6.45) is 26.1. The zero-order chi connectivity index (χ0) is 22.8. The molecule has 0 heterocycles. The number of rotatable bonds is 20. The Bertz CT molecular complexity index is 472. The van der Waals surface area contributed by atoms with Crippen LogP contribution in [0.4, 0.5) is 0 Å². The summed E-state index contributed by atoms with van der Waals surface area (Å²) in [5.41, 5.74) is 0. The van der Waals surface area contributed by atoms with Crippen LogP contribution < -0.4 is 0 Å². The quantitative estimate of drug-likeness (QED) is 0.201. The van der Waals surface area contributed by atoms with Gasteiger partial charge in [-0.25, -0.2) is 0 Å². The van der Waals surface area contributed by atoms with Gasteiger partial charge in [-0.05, 0) is 18.6 Å². The van der Waals surface area contributed by atoms with Gasteiger partial charge in [0, 0.05) is 6.42 Å². The number of carboxylic acids is 1. The highest BCUT2D eigenvalue weighted by molar-refractivity contribution is 5.66. The van der Waals surface area contributed by atoms with Crippen LogP contribution in [0.15, 0.2) is 30.3 Å². The van der Waals surface area contributed by atoms with Gasteiger partial charge in [-0.2, -0.15) is 0 Å². The van der Waals surface area contributed by atoms with Gasteiger partial charge >= 0.3 is 5.97 Å². The summed E-state index contributed by atoms with van der Waals surface area (Å²) < 4.78 is 0. The second kappa shape index (κ2) is 24.8. The number of hydrogen-bond donors (Lipinski definition) is 2. The first-order chi connectivity index (χ1) is 15.2. The molecule has 0 amide bonds. The lowest BCUT2D eigenvalue weighted by molar-refractivity contribution is -0.137. The van der Waals surface area contributed by atoms with Crippen molar-refractivity contribution < 1.29 is 15.0 Å². The maximum atomic E-state index is 10.4. The number of aromatic hydroxyl groups is 1. The van der Waals surface area contributed by atoms with Crippen molar-refractivity contribution in [1.82, 2.24) is 0 Å². The fraction of sp³-hybridized carbons (Fsp3) is 0.750. The Morgan fingerprint density at radius 3 is 1.16 bits per heavy atom.